The zero-order valence-corrected chi connectivity index (χ0v) is 12.6. The third kappa shape index (κ3) is 2.36. The normalized spacial score (nSPS) is 18.4. The molecule has 1 saturated heterocycles. The highest BCUT2D eigenvalue weighted by Crippen LogP contribution is 2.35. The highest BCUT2D eigenvalue weighted by Gasteiger charge is 2.33. The average molecular weight is 288 g/mol. The van der Waals surface area contributed by atoms with Crippen molar-refractivity contribution in [2.75, 3.05) is 30.8 Å². The molecule has 0 saturated carbocycles. The first-order chi connectivity index (χ1) is 9.78. The molecule has 0 atom stereocenters. The van der Waals surface area contributed by atoms with Crippen LogP contribution >= 0.6 is 11.8 Å². The Morgan fingerprint density at radius 3 is 2.75 bits per heavy atom. The molecule has 0 unspecified atom stereocenters. The Labute approximate surface area is 123 Å². The molecule has 0 radical (unpaired) electrons. The van der Waals surface area contributed by atoms with Crippen LogP contribution in [0.15, 0.2) is 30.5 Å². The monoisotopic (exact) mass is 288 g/mol. The fourth-order valence-corrected chi connectivity index (χ4v) is 3.62. The van der Waals surface area contributed by atoms with Crippen LogP contribution in [0.3, 0.4) is 0 Å². The molecule has 3 rings (SSSR count). The van der Waals surface area contributed by atoms with Gasteiger partial charge in [0.05, 0.1) is 6.20 Å². The van der Waals surface area contributed by atoms with Crippen molar-refractivity contribution in [3.8, 4) is 0 Å². The van der Waals surface area contributed by atoms with Crippen LogP contribution in [0.25, 0.3) is 10.8 Å². The van der Waals surface area contributed by atoms with E-state index in [9.17, 15) is 0 Å². The number of anilines is 1. The summed E-state index contributed by atoms with van der Waals surface area (Å²) in [7, 11) is 0. The van der Waals surface area contributed by atoms with Gasteiger partial charge in [-0.2, -0.15) is 16.9 Å². The highest BCUT2D eigenvalue weighted by atomic mass is 32.2. The van der Waals surface area contributed by atoms with E-state index < -0.39 is 0 Å². The number of hydrogen-bond acceptors (Lipinski definition) is 5. The lowest BCUT2D eigenvalue weighted by Crippen LogP contribution is -2.46. The van der Waals surface area contributed by atoms with Crippen molar-refractivity contribution in [2.24, 2.45) is 5.73 Å². The number of nitrogens with two attached hydrogens (primary N) is 1. The summed E-state index contributed by atoms with van der Waals surface area (Å²) in [6, 6.07) is 8.31. The van der Waals surface area contributed by atoms with Crippen molar-refractivity contribution < 1.29 is 0 Å². The fourth-order valence-electron chi connectivity index (χ4n) is 2.86. The average Bonchev–Trinajstić information content (AvgIpc) is 2.54. The standard InChI is InChI=1S/C15H20N4S/c1-20-15(11-16)6-8-19(9-7-15)14-13-5-3-2-4-12(13)10-17-18-14/h2-5,10H,6-9,11,16H2,1H3. The summed E-state index contributed by atoms with van der Waals surface area (Å²) < 4.78 is 0.245. The van der Waals surface area contributed by atoms with Crippen molar-refractivity contribution in [3.05, 3.63) is 30.5 Å². The Bertz CT molecular complexity index is 582. The van der Waals surface area contributed by atoms with Crippen LogP contribution in [0.5, 0.6) is 0 Å². The van der Waals surface area contributed by atoms with Crippen LogP contribution in [0, 0.1) is 0 Å². The second kappa shape index (κ2) is 5.58. The van der Waals surface area contributed by atoms with Crippen LogP contribution in [0.1, 0.15) is 12.8 Å². The second-order valence-electron chi connectivity index (χ2n) is 5.33. The van der Waals surface area contributed by atoms with Gasteiger partial charge in [0.2, 0.25) is 0 Å². The minimum atomic E-state index is 0.245. The van der Waals surface area contributed by atoms with E-state index in [0.717, 1.165) is 43.7 Å². The summed E-state index contributed by atoms with van der Waals surface area (Å²) in [6.45, 7) is 2.75. The molecular weight excluding hydrogens is 268 g/mol. The van der Waals surface area contributed by atoms with E-state index in [4.69, 9.17) is 5.73 Å². The van der Waals surface area contributed by atoms with Gasteiger partial charge in [0.25, 0.3) is 0 Å². The number of piperidine rings is 1. The van der Waals surface area contributed by atoms with Crippen molar-refractivity contribution in [3.63, 3.8) is 0 Å². The molecule has 0 aliphatic carbocycles. The van der Waals surface area contributed by atoms with Crippen molar-refractivity contribution in [1.29, 1.82) is 0 Å². The van der Waals surface area contributed by atoms with Crippen LogP contribution in [0.2, 0.25) is 0 Å². The van der Waals surface area contributed by atoms with E-state index in [1.165, 1.54) is 5.39 Å². The minimum absolute atomic E-state index is 0.245. The van der Waals surface area contributed by atoms with Crippen molar-refractivity contribution in [1.82, 2.24) is 10.2 Å². The predicted octanol–water partition coefficient (Wildman–Crippen LogP) is 2.29. The van der Waals surface area contributed by atoms with E-state index in [0.29, 0.717) is 0 Å². The zero-order chi connectivity index (χ0) is 14.0. The molecule has 0 amide bonds. The van der Waals surface area contributed by atoms with Crippen LogP contribution in [-0.2, 0) is 0 Å². The Hall–Kier alpha value is -1.33. The predicted molar refractivity (Wildman–Crippen MR) is 86.3 cm³/mol. The summed E-state index contributed by atoms with van der Waals surface area (Å²) in [5, 5.41) is 10.8. The fraction of sp³-hybridized carbons (Fsp3) is 0.467. The van der Waals surface area contributed by atoms with E-state index >= 15 is 0 Å². The molecule has 2 aromatic rings. The molecule has 1 aliphatic heterocycles. The van der Waals surface area contributed by atoms with E-state index in [-0.39, 0.29) is 4.75 Å². The summed E-state index contributed by atoms with van der Waals surface area (Å²) in [5.41, 5.74) is 5.96. The first-order valence-corrected chi connectivity index (χ1v) is 8.21. The van der Waals surface area contributed by atoms with Gasteiger partial charge in [-0.05, 0) is 19.1 Å². The Morgan fingerprint density at radius 1 is 1.30 bits per heavy atom. The third-order valence-corrected chi connectivity index (χ3v) is 5.77. The maximum absolute atomic E-state index is 5.96. The van der Waals surface area contributed by atoms with Crippen LogP contribution in [-0.4, -0.2) is 40.8 Å². The molecular formula is C15H20N4S. The van der Waals surface area contributed by atoms with Crippen molar-refractivity contribution in [2.45, 2.75) is 17.6 Å². The number of hydrogen-bond donors (Lipinski definition) is 1. The van der Waals surface area contributed by atoms with Gasteiger partial charge < -0.3 is 10.6 Å². The largest absolute Gasteiger partial charge is 0.355 e. The molecule has 2 heterocycles. The highest BCUT2D eigenvalue weighted by molar-refractivity contribution is 8.00. The maximum Gasteiger partial charge on any atom is 0.159 e. The minimum Gasteiger partial charge on any atom is -0.355 e. The quantitative estimate of drug-likeness (QED) is 0.939. The lowest BCUT2D eigenvalue weighted by molar-refractivity contribution is 0.455. The SMILES string of the molecule is CSC1(CN)CCN(c2nncc3ccccc23)CC1. The van der Waals surface area contributed by atoms with Gasteiger partial charge >= 0.3 is 0 Å². The molecule has 1 aromatic carbocycles. The number of aromatic nitrogens is 2. The van der Waals surface area contributed by atoms with Gasteiger partial charge in [-0.1, -0.05) is 24.3 Å². The summed E-state index contributed by atoms with van der Waals surface area (Å²) in [6.07, 6.45) is 6.21. The number of benzene rings is 1. The molecule has 5 heteroatoms. The van der Waals surface area contributed by atoms with Gasteiger partial charge in [-0.15, -0.1) is 5.10 Å². The molecule has 1 aromatic heterocycles. The van der Waals surface area contributed by atoms with Gasteiger partial charge in [0.15, 0.2) is 5.82 Å². The molecule has 0 bridgehead atoms. The maximum atomic E-state index is 5.96. The third-order valence-electron chi connectivity index (χ3n) is 4.33. The molecule has 1 aliphatic rings. The molecule has 0 spiro atoms. The smallest absolute Gasteiger partial charge is 0.159 e. The van der Waals surface area contributed by atoms with Crippen LogP contribution in [0.4, 0.5) is 5.82 Å². The van der Waals surface area contributed by atoms with E-state index in [1.807, 2.05) is 24.0 Å². The van der Waals surface area contributed by atoms with Gasteiger partial charge in [0.1, 0.15) is 0 Å². The van der Waals surface area contributed by atoms with Gasteiger partial charge in [-0.3, -0.25) is 0 Å². The van der Waals surface area contributed by atoms with Gasteiger partial charge in [-0.25, -0.2) is 0 Å². The topological polar surface area (TPSA) is 55.0 Å². The number of fused-ring (bicyclic) bond motifs is 1. The lowest BCUT2D eigenvalue weighted by Gasteiger charge is -2.40. The lowest BCUT2D eigenvalue weighted by atomic mass is 9.95. The number of nitrogens with zero attached hydrogens (tertiary/aromatic N) is 3. The first kappa shape index (κ1) is 13.6. The van der Waals surface area contributed by atoms with E-state index in [1.54, 1.807) is 0 Å². The molecule has 4 nitrogen and oxygen atoms in total. The zero-order valence-electron chi connectivity index (χ0n) is 11.7. The summed E-state index contributed by atoms with van der Waals surface area (Å²) in [4.78, 5) is 2.35. The Balaban J connectivity index is 1.87. The van der Waals surface area contributed by atoms with E-state index in [2.05, 4.69) is 39.6 Å². The number of thioether (sulfide) groups is 1. The molecule has 106 valence electrons. The Morgan fingerprint density at radius 2 is 2.05 bits per heavy atom. The van der Waals surface area contributed by atoms with Crippen molar-refractivity contribution >= 4 is 28.4 Å². The Kier molecular flexibility index (Phi) is 3.81. The summed E-state index contributed by atoms with van der Waals surface area (Å²) >= 11 is 1.91. The molecule has 2 N–H and O–H groups in total. The first-order valence-electron chi connectivity index (χ1n) is 6.99. The van der Waals surface area contributed by atoms with Crippen LogP contribution < -0.4 is 10.6 Å². The molecule has 20 heavy (non-hydrogen) atoms. The summed E-state index contributed by atoms with van der Waals surface area (Å²) in [5.74, 6) is 1.01. The second-order valence-corrected chi connectivity index (χ2v) is 6.61. The number of rotatable bonds is 3. The molecule has 1 fully saturated rings. The van der Waals surface area contributed by atoms with Gasteiger partial charge in [0, 0.05) is 35.2 Å².